The molecule has 0 unspecified atom stereocenters. The van der Waals surface area contributed by atoms with Gasteiger partial charge in [-0.1, -0.05) is 6.07 Å². The summed E-state index contributed by atoms with van der Waals surface area (Å²) in [5, 5.41) is 4.11. The molecule has 0 aromatic carbocycles. The van der Waals surface area contributed by atoms with Crippen LogP contribution in [0.5, 0.6) is 0 Å². The van der Waals surface area contributed by atoms with E-state index in [2.05, 4.69) is 40.1 Å². The Morgan fingerprint density at radius 1 is 1.38 bits per heavy atom. The molecule has 2 N–H and O–H groups in total. The van der Waals surface area contributed by atoms with Crippen LogP contribution in [0.3, 0.4) is 0 Å². The number of carbonyl (C=O) groups excluding carboxylic acids is 1. The number of hydrogen-bond acceptors (Lipinski definition) is 4. The molecule has 2 aromatic heterocycles. The molecule has 26 heavy (non-hydrogen) atoms. The fraction of sp³-hybridized carbons (Fsp3) is 0.421. The number of aromatic amines is 1. The molecule has 7 heteroatoms. The standard InChI is InChI=1S/C19H24N4O2S/c1-12-11-14(13(2)21-12)18-17(15-7-4-5-9-20-15)22-19(26)23(18)10-6-8-16(24)25-3/h4-5,7,9,11,17-18,21H,6,8,10H2,1-3H3,(H,22,26)/t17-,18-/m0/s1. The number of rotatable bonds is 6. The number of thiocarbonyl (C=S) groups is 1. The average Bonchev–Trinajstić information content (AvgIpc) is 3.14. The summed E-state index contributed by atoms with van der Waals surface area (Å²) >= 11 is 5.61. The van der Waals surface area contributed by atoms with Crippen molar-refractivity contribution in [1.29, 1.82) is 0 Å². The third kappa shape index (κ3) is 3.72. The summed E-state index contributed by atoms with van der Waals surface area (Å²) in [6, 6.07) is 8.07. The highest BCUT2D eigenvalue weighted by Crippen LogP contribution is 2.40. The maximum atomic E-state index is 11.5. The van der Waals surface area contributed by atoms with Crippen LogP contribution in [0.25, 0.3) is 0 Å². The van der Waals surface area contributed by atoms with Gasteiger partial charge in [0.05, 0.1) is 24.9 Å². The summed E-state index contributed by atoms with van der Waals surface area (Å²) in [6.07, 6.45) is 2.86. The largest absolute Gasteiger partial charge is 0.469 e. The average molecular weight is 372 g/mol. The Kier molecular flexibility index (Phi) is 5.56. The molecule has 0 amide bonds. The van der Waals surface area contributed by atoms with Gasteiger partial charge < -0.3 is 19.9 Å². The number of aromatic nitrogens is 2. The van der Waals surface area contributed by atoms with Crippen LogP contribution < -0.4 is 5.32 Å². The number of methoxy groups -OCH3 is 1. The number of pyridine rings is 1. The number of nitrogens with zero attached hydrogens (tertiary/aromatic N) is 2. The van der Waals surface area contributed by atoms with Crippen molar-refractivity contribution in [3.8, 4) is 0 Å². The van der Waals surface area contributed by atoms with Crippen molar-refractivity contribution < 1.29 is 9.53 Å². The van der Waals surface area contributed by atoms with Crippen molar-refractivity contribution in [2.75, 3.05) is 13.7 Å². The second-order valence-corrected chi connectivity index (χ2v) is 6.92. The molecule has 3 heterocycles. The summed E-state index contributed by atoms with van der Waals surface area (Å²) in [6.45, 7) is 4.80. The highest BCUT2D eigenvalue weighted by molar-refractivity contribution is 7.80. The van der Waals surface area contributed by atoms with Crippen LogP contribution in [-0.4, -0.2) is 39.6 Å². The predicted octanol–water partition coefficient (Wildman–Crippen LogP) is 2.95. The van der Waals surface area contributed by atoms with E-state index >= 15 is 0 Å². The minimum atomic E-state index is -0.199. The van der Waals surface area contributed by atoms with Crippen molar-refractivity contribution in [2.45, 2.75) is 38.8 Å². The van der Waals surface area contributed by atoms with Crippen molar-refractivity contribution in [2.24, 2.45) is 0 Å². The van der Waals surface area contributed by atoms with Crippen LogP contribution in [0, 0.1) is 13.8 Å². The normalized spacial score (nSPS) is 19.5. The van der Waals surface area contributed by atoms with Crippen LogP contribution in [-0.2, 0) is 9.53 Å². The van der Waals surface area contributed by atoms with E-state index in [4.69, 9.17) is 17.0 Å². The van der Waals surface area contributed by atoms with E-state index < -0.39 is 0 Å². The lowest BCUT2D eigenvalue weighted by molar-refractivity contribution is -0.140. The Morgan fingerprint density at radius 2 is 2.19 bits per heavy atom. The van der Waals surface area contributed by atoms with E-state index in [9.17, 15) is 4.79 Å². The molecule has 0 bridgehead atoms. The van der Waals surface area contributed by atoms with Gasteiger partial charge in [-0.25, -0.2) is 0 Å². The smallest absolute Gasteiger partial charge is 0.305 e. The second-order valence-electron chi connectivity index (χ2n) is 6.53. The summed E-state index contributed by atoms with van der Waals surface area (Å²) in [4.78, 5) is 21.5. The molecule has 3 rings (SSSR count). The molecule has 1 fully saturated rings. The van der Waals surface area contributed by atoms with Crippen molar-refractivity contribution in [3.63, 3.8) is 0 Å². The van der Waals surface area contributed by atoms with Crippen LogP contribution in [0.1, 0.15) is 47.6 Å². The van der Waals surface area contributed by atoms with Crippen molar-refractivity contribution in [3.05, 3.63) is 53.1 Å². The van der Waals surface area contributed by atoms with Gasteiger partial charge >= 0.3 is 5.97 Å². The first-order valence-corrected chi connectivity index (χ1v) is 9.13. The Hall–Kier alpha value is -2.41. The first kappa shape index (κ1) is 18.4. The number of H-pyrrole nitrogens is 1. The highest BCUT2D eigenvalue weighted by Gasteiger charge is 2.40. The minimum absolute atomic E-state index is 0.0278. The van der Waals surface area contributed by atoms with Gasteiger partial charge in [-0.15, -0.1) is 0 Å². The highest BCUT2D eigenvalue weighted by atomic mass is 32.1. The molecule has 1 saturated heterocycles. The van der Waals surface area contributed by atoms with Crippen molar-refractivity contribution >= 4 is 23.3 Å². The predicted molar refractivity (Wildman–Crippen MR) is 104 cm³/mol. The van der Waals surface area contributed by atoms with Crippen LogP contribution in [0.2, 0.25) is 0 Å². The summed E-state index contributed by atoms with van der Waals surface area (Å²) < 4.78 is 4.75. The Labute approximate surface area is 159 Å². The number of aryl methyl sites for hydroxylation is 2. The van der Waals surface area contributed by atoms with Gasteiger partial charge in [0.1, 0.15) is 0 Å². The minimum Gasteiger partial charge on any atom is -0.469 e. The van der Waals surface area contributed by atoms with Crippen LogP contribution >= 0.6 is 12.2 Å². The Morgan fingerprint density at radius 3 is 2.81 bits per heavy atom. The topological polar surface area (TPSA) is 70.2 Å². The Bertz CT molecular complexity index is 790. The number of esters is 1. The molecule has 0 spiro atoms. The zero-order valence-electron chi connectivity index (χ0n) is 15.3. The first-order chi connectivity index (χ1) is 12.5. The summed E-state index contributed by atoms with van der Waals surface area (Å²) in [7, 11) is 1.41. The van der Waals surface area contributed by atoms with Gasteiger partial charge in [0, 0.05) is 30.6 Å². The lowest BCUT2D eigenvalue weighted by atomic mass is 9.96. The maximum Gasteiger partial charge on any atom is 0.305 e. The molecule has 0 saturated carbocycles. The van der Waals surface area contributed by atoms with Gasteiger partial charge in [-0.2, -0.15) is 0 Å². The molecule has 0 aliphatic carbocycles. The maximum absolute atomic E-state index is 11.5. The van der Waals surface area contributed by atoms with E-state index in [1.165, 1.54) is 12.7 Å². The van der Waals surface area contributed by atoms with E-state index in [1.54, 1.807) is 6.20 Å². The molecule has 1 aliphatic heterocycles. The Balaban J connectivity index is 1.90. The molecule has 2 atom stereocenters. The molecule has 6 nitrogen and oxygen atoms in total. The van der Waals surface area contributed by atoms with E-state index in [0.29, 0.717) is 24.5 Å². The molecule has 2 aromatic rings. The first-order valence-electron chi connectivity index (χ1n) is 8.72. The number of nitrogens with one attached hydrogen (secondary N) is 2. The van der Waals surface area contributed by atoms with E-state index in [0.717, 1.165) is 17.1 Å². The zero-order valence-corrected chi connectivity index (χ0v) is 16.1. The zero-order chi connectivity index (χ0) is 18.7. The second kappa shape index (κ2) is 7.86. The van der Waals surface area contributed by atoms with Gasteiger partial charge in [0.2, 0.25) is 0 Å². The third-order valence-electron chi connectivity index (χ3n) is 4.71. The molecule has 138 valence electrons. The fourth-order valence-corrected chi connectivity index (χ4v) is 3.87. The molecule has 1 aliphatic rings. The van der Waals surface area contributed by atoms with Gasteiger partial charge in [0.25, 0.3) is 0 Å². The van der Waals surface area contributed by atoms with Crippen LogP contribution in [0.4, 0.5) is 0 Å². The van der Waals surface area contributed by atoms with Gasteiger partial charge in [0.15, 0.2) is 5.11 Å². The van der Waals surface area contributed by atoms with E-state index in [-0.39, 0.29) is 18.1 Å². The number of carbonyl (C=O) groups is 1. The number of ether oxygens (including phenoxy) is 1. The van der Waals surface area contributed by atoms with Gasteiger partial charge in [-0.05, 0) is 56.2 Å². The summed E-state index contributed by atoms with van der Waals surface area (Å²) in [5.41, 5.74) is 4.39. The fourth-order valence-electron chi connectivity index (χ4n) is 3.53. The summed E-state index contributed by atoms with van der Waals surface area (Å²) in [5.74, 6) is -0.199. The molecule has 0 radical (unpaired) electrons. The lowest BCUT2D eigenvalue weighted by Gasteiger charge is -2.27. The lowest BCUT2D eigenvalue weighted by Crippen LogP contribution is -2.31. The van der Waals surface area contributed by atoms with Crippen molar-refractivity contribution in [1.82, 2.24) is 20.2 Å². The monoisotopic (exact) mass is 372 g/mol. The van der Waals surface area contributed by atoms with Gasteiger partial charge in [-0.3, -0.25) is 9.78 Å². The quantitative estimate of drug-likeness (QED) is 0.600. The van der Waals surface area contributed by atoms with Crippen LogP contribution in [0.15, 0.2) is 30.5 Å². The van der Waals surface area contributed by atoms with E-state index in [1.807, 2.05) is 18.2 Å². The SMILES string of the molecule is COC(=O)CCCN1C(=S)N[C@@H](c2ccccn2)[C@@H]1c1cc(C)[nH]c1C. The molecular formula is C19H24N4O2S. The third-order valence-corrected chi connectivity index (χ3v) is 5.07. The number of hydrogen-bond donors (Lipinski definition) is 2. The molecular weight excluding hydrogens is 348 g/mol.